The number of aromatic nitrogens is 2. The molecule has 2 rings (SSSR count). The van der Waals surface area contributed by atoms with Crippen molar-refractivity contribution in [1.29, 1.82) is 0 Å². The smallest absolute Gasteiger partial charge is 0.303 e. The van der Waals surface area contributed by atoms with Gasteiger partial charge in [0.15, 0.2) is 0 Å². The number of unbranched alkanes of at least 4 members (excludes halogenated alkanes) is 5. The molecule has 0 saturated heterocycles. The summed E-state index contributed by atoms with van der Waals surface area (Å²) in [6, 6.07) is 8.65. The lowest BCUT2D eigenvalue weighted by atomic mass is 10.1. The first-order chi connectivity index (χ1) is 14.0. The zero-order valence-electron chi connectivity index (χ0n) is 16.3. The fourth-order valence-electron chi connectivity index (χ4n) is 2.39. The number of amides is 1. The minimum absolute atomic E-state index is 0.184. The van der Waals surface area contributed by atoms with Crippen molar-refractivity contribution in [2.24, 2.45) is 0 Å². The Labute approximate surface area is 170 Å². The van der Waals surface area contributed by atoms with E-state index in [4.69, 9.17) is 10.2 Å². The number of carbonyl (C=O) groups is 3. The SMILES string of the molecule is O=C(Nc1ccccn1)c1ccncc1.O=C(O)CCCCCCCCC(=O)O. The molecule has 0 saturated carbocycles. The highest BCUT2D eigenvalue weighted by Gasteiger charge is 2.04. The Balaban J connectivity index is 0.000000291. The number of carboxylic acids is 2. The molecule has 2 heterocycles. The van der Waals surface area contributed by atoms with Gasteiger partial charge in [-0.25, -0.2) is 4.98 Å². The van der Waals surface area contributed by atoms with Gasteiger partial charge >= 0.3 is 11.9 Å². The molecule has 0 unspecified atom stereocenters. The Kier molecular flexibility index (Phi) is 12.1. The highest BCUT2D eigenvalue weighted by Crippen LogP contribution is 2.08. The molecule has 0 aliphatic heterocycles. The lowest BCUT2D eigenvalue weighted by molar-refractivity contribution is -0.138. The molecule has 1 amide bonds. The summed E-state index contributed by atoms with van der Waals surface area (Å²) in [6.45, 7) is 0. The molecule has 8 heteroatoms. The molecule has 0 spiro atoms. The summed E-state index contributed by atoms with van der Waals surface area (Å²) in [5.74, 6) is -1.12. The number of anilines is 1. The van der Waals surface area contributed by atoms with Crippen LogP contribution in [0.15, 0.2) is 48.9 Å². The number of nitrogens with one attached hydrogen (secondary N) is 1. The zero-order valence-corrected chi connectivity index (χ0v) is 16.3. The Hall–Kier alpha value is -3.29. The molecular formula is C21H27N3O5. The largest absolute Gasteiger partial charge is 0.481 e. The Morgan fingerprint density at radius 2 is 1.31 bits per heavy atom. The van der Waals surface area contributed by atoms with Gasteiger partial charge in [0.25, 0.3) is 5.91 Å². The Morgan fingerprint density at radius 3 is 1.79 bits per heavy atom. The van der Waals surface area contributed by atoms with Gasteiger partial charge < -0.3 is 15.5 Å². The van der Waals surface area contributed by atoms with Crippen LogP contribution in [-0.4, -0.2) is 38.0 Å². The maximum Gasteiger partial charge on any atom is 0.303 e. The molecule has 0 radical (unpaired) electrons. The average Bonchev–Trinajstić information content (AvgIpc) is 2.71. The number of carboxylic acid groups (broad SMARTS) is 2. The fourth-order valence-corrected chi connectivity index (χ4v) is 2.39. The van der Waals surface area contributed by atoms with Crippen molar-refractivity contribution in [1.82, 2.24) is 9.97 Å². The molecule has 0 bridgehead atoms. The molecule has 156 valence electrons. The summed E-state index contributed by atoms with van der Waals surface area (Å²) >= 11 is 0. The van der Waals surface area contributed by atoms with E-state index in [1.54, 1.807) is 42.9 Å². The maximum absolute atomic E-state index is 11.6. The minimum atomic E-state index is -0.740. The standard InChI is InChI=1S/C11H9N3O.C10H18O4/c15-11(9-4-7-12-8-5-9)14-10-3-1-2-6-13-10;11-9(12)7-5-3-1-2-4-6-8-10(13)14/h1-8H,(H,13,14,15);1-8H2,(H,11,12)(H,13,14). The van der Waals surface area contributed by atoms with Crippen LogP contribution in [0.25, 0.3) is 0 Å². The molecule has 0 fully saturated rings. The summed E-state index contributed by atoms with van der Waals surface area (Å²) in [7, 11) is 0. The van der Waals surface area contributed by atoms with Gasteiger partial charge in [0, 0.05) is 37.0 Å². The summed E-state index contributed by atoms with van der Waals surface area (Å²) in [4.78, 5) is 39.8. The van der Waals surface area contributed by atoms with Crippen LogP contribution < -0.4 is 5.32 Å². The van der Waals surface area contributed by atoms with Crippen molar-refractivity contribution >= 4 is 23.7 Å². The molecular weight excluding hydrogens is 374 g/mol. The van der Waals surface area contributed by atoms with E-state index in [0.29, 0.717) is 11.4 Å². The average molecular weight is 401 g/mol. The van der Waals surface area contributed by atoms with Crippen molar-refractivity contribution < 1.29 is 24.6 Å². The number of nitrogens with zero attached hydrogens (tertiary/aromatic N) is 2. The van der Waals surface area contributed by atoms with E-state index in [1.807, 2.05) is 6.07 Å². The molecule has 0 aromatic carbocycles. The molecule has 3 N–H and O–H groups in total. The van der Waals surface area contributed by atoms with Crippen LogP contribution in [0.4, 0.5) is 5.82 Å². The molecule has 2 aromatic rings. The van der Waals surface area contributed by atoms with Crippen LogP contribution in [0.2, 0.25) is 0 Å². The normalized spacial score (nSPS) is 9.79. The van der Waals surface area contributed by atoms with E-state index in [-0.39, 0.29) is 18.7 Å². The van der Waals surface area contributed by atoms with Crippen molar-refractivity contribution in [2.75, 3.05) is 5.32 Å². The van der Waals surface area contributed by atoms with Crippen molar-refractivity contribution in [3.63, 3.8) is 0 Å². The lowest BCUT2D eigenvalue weighted by Crippen LogP contribution is -2.12. The quantitative estimate of drug-likeness (QED) is 0.485. The van der Waals surface area contributed by atoms with E-state index in [0.717, 1.165) is 38.5 Å². The third kappa shape index (κ3) is 12.7. The first kappa shape index (κ1) is 23.7. The van der Waals surface area contributed by atoms with Crippen LogP contribution in [0.1, 0.15) is 61.7 Å². The van der Waals surface area contributed by atoms with Crippen LogP contribution in [0.3, 0.4) is 0 Å². The van der Waals surface area contributed by atoms with Gasteiger partial charge in [0.1, 0.15) is 5.82 Å². The molecule has 2 aromatic heterocycles. The van der Waals surface area contributed by atoms with Gasteiger partial charge in [-0.1, -0.05) is 31.7 Å². The molecule has 8 nitrogen and oxygen atoms in total. The minimum Gasteiger partial charge on any atom is -0.481 e. The van der Waals surface area contributed by atoms with Gasteiger partial charge in [-0.15, -0.1) is 0 Å². The second-order valence-electron chi connectivity index (χ2n) is 6.31. The Morgan fingerprint density at radius 1 is 0.759 bits per heavy atom. The Bertz CT molecular complexity index is 718. The summed E-state index contributed by atoms with van der Waals surface area (Å²) in [6.07, 6.45) is 10.6. The first-order valence-corrected chi connectivity index (χ1v) is 9.55. The van der Waals surface area contributed by atoms with Gasteiger partial charge in [-0.2, -0.15) is 0 Å². The van der Waals surface area contributed by atoms with Crippen LogP contribution in [0, 0.1) is 0 Å². The van der Waals surface area contributed by atoms with Crippen LogP contribution in [-0.2, 0) is 9.59 Å². The van der Waals surface area contributed by atoms with Crippen LogP contribution in [0.5, 0.6) is 0 Å². The highest BCUT2D eigenvalue weighted by atomic mass is 16.4. The van der Waals surface area contributed by atoms with E-state index in [2.05, 4.69) is 15.3 Å². The summed E-state index contributed by atoms with van der Waals surface area (Å²) in [5.41, 5.74) is 0.565. The molecule has 29 heavy (non-hydrogen) atoms. The highest BCUT2D eigenvalue weighted by molar-refractivity contribution is 6.03. The van der Waals surface area contributed by atoms with E-state index in [1.165, 1.54) is 0 Å². The first-order valence-electron chi connectivity index (χ1n) is 9.55. The lowest BCUT2D eigenvalue weighted by Gasteiger charge is -2.02. The number of carbonyl (C=O) groups excluding carboxylic acids is 1. The van der Waals surface area contributed by atoms with Gasteiger partial charge in [0.05, 0.1) is 0 Å². The van der Waals surface area contributed by atoms with Crippen molar-refractivity contribution in [2.45, 2.75) is 51.4 Å². The number of aliphatic carboxylic acids is 2. The predicted octanol–water partition coefficient (Wildman–Crippen LogP) is 4.01. The zero-order chi connectivity index (χ0) is 21.3. The van der Waals surface area contributed by atoms with Crippen molar-refractivity contribution in [3.05, 3.63) is 54.5 Å². The van der Waals surface area contributed by atoms with E-state index >= 15 is 0 Å². The van der Waals surface area contributed by atoms with Crippen molar-refractivity contribution in [3.8, 4) is 0 Å². The predicted molar refractivity (Wildman–Crippen MR) is 109 cm³/mol. The summed E-state index contributed by atoms with van der Waals surface area (Å²) < 4.78 is 0. The van der Waals surface area contributed by atoms with Gasteiger partial charge in [0.2, 0.25) is 0 Å². The van der Waals surface area contributed by atoms with E-state index in [9.17, 15) is 14.4 Å². The molecule has 0 aliphatic rings. The number of pyridine rings is 2. The van der Waals surface area contributed by atoms with Gasteiger partial charge in [-0.3, -0.25) is 19.4 Å². The number of rotatable bonds is 11. The third-order valence-corrected chi connectivity index (χ3v) is 3.88. The monoisotopic (exact) mass is 401 g/mol. The second-order valence-corrected chi connectivity index (χ2v) is 6.31. The number of hydrogen-bond acceptors (Lipinski definition) is 5. The maximum atomic E-state index is 11.6. The molecule has 0 aliphatic carbocycles. The fraction of sp³-hybridized carbons (Fsp3) is 0.381. The molecule has 0 atom stereocenters. The van der Waals surface area contributed by atoms with Crippen LogP contribution >= 0.6 is 0 Å². The summed E-state index contributed by atoms with van der Waals surface area (Å²) in [5, 5.41) is 19.4. The second kappa shape index (κ2) is 14.7. The third-order valence-electron chi connectivity index (χ3n) is 3.88. The van der Waals surface area contributed by atoms with E-state index < -0.39 is 11.9 Å². The topological polar surface area (TPSA) is 129 Å². The number of hydrogen-bond donors (Lipinski definition) is 3. The van der Waals surface area contributed by atoms with Gasteiger partial charge in [-0.05, 0) is 37.1 Å².